The number of hydrogen-bond donors (Lipinski definition) is 2. The van der Waals surface area contributed by atoms with Crippen molar-refractivity contribution in [1.29, 1.82) is 5.26 Å². The molecule has 312 valence electrons. The summed E-state index contributed by atoms with van der Waals surface area (Å²) in [6.45, 7) is 4.10. The summed E-state index contributed by atoms with van der Waals surface area (Å²) in [5, 5.41) is 23.4. The molecule has 1 saturated carbocycles. The van der Waals surface area contributed by atoms with E-state index >= 15 is 4.39 Å². The fraction of sp³-hybridized carbons (Fsp3) is 0.488. The Morgan fingerprint density at radius 3 is 2.27 bits per heavy atom. The van der Waals surface area contributed by atoms with Crippen LogP contribution in [0.3, 0.4) is 0 Å². The van der Waals surface area contributed by atoms with Crippen molar-refractivity contribution >= 4 is 52.6 Å². The van der Waals surface area contributed by atoms with Crippen LogP contribution in [0, 0.1) is 23.1 Å². The Morgan fingerprint density at radius 1 is 0.900 bits per heavy atom. The molecule has 0 radical (unpaired) electrons. The van der Waals surface area contributed by atoms with Crippen molar-refractivity contribution in [1.82, 2.24) is 30.6 Å². The van der Waals surface area contributed by atoms with E-state index in [9.17, 15) is 24.0 Å². The van der Waals surface area contributed by atoms with Gasteiger partial charge in [0, 0.05) is 63.3 Å². The Hall–Kier alpha value is -5.66. The van der Waals surface area contributed by atoms with Crippen LogP contribution in [0.5, 0.6) is 5.75 Å². The Balaban J connectivity index is 0.736. The van der Waals surface area contributed by atoms with Crippen LogP contribution in [0.25, 0.3) is 0 Å². The number of nitrogens with zero attached hydrogens (tertiary/aromatic N) is 7. The topological polar surface area (TPSA) is 181 Å². The molecule has 9 rings (SSSR count). The largest absolute Gasteiger partial charge is 0.490 e. The summed E-state index contributed by atoms with van der Waals surface area (Å²) in [4.78, 5) is 71.6. The van der Waals surface area contributed by atoms with Crippen molar-refractivity contribution in [3.05, 3.63) is 75.7 Å². The summed E-state index contributed by atoms with van der Waals surface area (Å²) in [5.41, 5.74) is 1.03. The normalized spacial score (nSPS) is 25.9. The van der Waals surface area contributed by atoms with Crippen LogP contribution in [-0.2, 0) is 9.59 Å². The van der Waals surface area contributed by atoms with Crippen LogP contribution in [0.15, 0.2) is 42.5 Å². The number of ether oxygens (including phenoxy) is 1. The van der Waals surface area contributed by atoms with Gasteiger partial charge in [-0.05, 0) is 100 Å². The molecule has 1 aromatic heterocycles. The molecule has 15 nitrogen and oxygen atoms in total. The van der Waals surface area contributed by atoms with Gasteiger partial charge in [0.25, 0.3) is 17.7 Å². The lowest BCUT2D eigenvalue weighted by Gasteiger charge is -2.44. The van der Waals surface area contributed by atoms with Gasteiger partial charge in [0.2, 0.25) is 11.8 Å². The standard InChI is InChI=1S/C43H45ClFN9O6/c44-33-17-30(6-1-25(33)20-46)60-29-7-2-26(3-8-29)47-40(56)35-9-11-38(50-49-35)52-15-13-24(14-16-52)21-51-22-27-4-5-28(23-51)53(27)37-19-32-31(18-34(37)45)42(58)54(43(32)59)36-10-12-39(55)48-41(36)57/h1,6,9,11,17-19,24,26-29,36H,2-5,7-8,10,12-16,21-23H2,(H,47,56)(H,48,55,57)/t26-,27?,28?,29-,36?. The first kappa shape index (κ1) is 39.8. The Kier molecular flexibility index (Phi) is 10.9. The van der Waals surface area contributed by atoms with Crippen molar-refractivity contribution in [3.8, 4) is 11.8 Å². The van der Waals surface area contributed by atoms with Gasteiger partial charge in [-0.25, -0.2) is 4.39 Å². The molecule has 3 unspecified atom stereocenters. The second kappa shape index (κ2) is 16.4. The highest BCUT2D eigenvalue weighted by Crippen LogP contribution is 2.40. The maximum atomic E-state index is 15.8. The van der Waals surface area contributed by atoms with Crippen LogP contribution in [0.4, 0.5) is 15.9 Å². The van der Waals surface area contributed by atoms with E-state index in [0.29, 0.717) is 27.9 Å². The first-order valence-electron chi connectivity index (χ1n) is 20.8. The lowest BCUT2D eigenvalue weighted by molar-refractivity contribution is -0.136. The quantitative estimate of drug-likeness (QED) is 0.294. The van der Waals surface area contributed by atoms with Crippen molar-refractivity contribution in [2.45, 2.75) is 94.5 Å². The molecule has 5 amide bonds. The third-order valence-electron chi connectivity index (χ3n) is 13.1. The number of rotatable bonds is 9. The lowest BCUT2D eigenvalue weighted by Crippen LogP contribution is -2.55. The van der Waals surface area contributed by atoms with Crippen molar-refractivity contribution in [3.63, 3.8) is 0 Å². The predicted octanol–water partition coefficient (Wildman–Crippen LogP) is 4.23. The average molecular weight is 838 g/mol. The maximum Gasteiger partial charge on any atom is 0.272 e. The number of aromatic nitrogens is 2. The predicted molar refractivity (Wildman–Crippen MR) is 216 cm³/mol. The van der Waals surface area contributed by atoms with Gasteiger partial charge in [-0.3, -0.25) is 39.1 Å². The molecule has 2 bridgehead atoms. The number of nitriles is 1. The molecule has 60 heavy (non-hydrogen) atoms. The van der Waals surface area contributed by atoms with Crippen molar-refractivity contribution < 1.29 is 33.1 Å². The third kappa shape index (κ3) is 7.76. The summed E-state index contributed by atoms with van der Waals surface area (Å²) < 4.78 is 21.9. The van der Waals surface area contributed by atoms with Crippen molar-refractivity contribution in [2.24, 2.45) is 5.92 Å². The van der Waals surface area contributed by atoms with Gasteiger partial charge in [0.15, 0.2) is 11.5 Å². The van der Waals surface area contributed by atoms with E-state index in [4.69, 9.17) is 21.6 Å². The monoisotopic (exact) mass is 837 g/mol. The number of nitrogens with one attached hydrogen (secondary N) is 2. The number of likely N-dealkylation sites (tertiary alicyclic amines) is 1. The Labute approximate surface area is 351 Å². The first-order valence-corrected chi connectivity index (χ1v) is 21.2. The number of imide groups is 2. The molecular formula is C43H45ClFN9O6. The molecule has 2 aromatic carbocycles. The van der Waals surface area contributed by atoms with Crippen LogP contribution >= 0.6 is 11.6 Å². The highest BCUT2D eigenvalue weighted by molar-refractivity contribution is 6.31. The molecule has 3 aromatic rings. The average Bonchev–Trinajstić information content (AvgIpc) is 3.64. The number of carbonyl (C=O) groups excluding carboxylic acids is 5. The zero-order valence-corrected chi connectivity index (χ0v) is 33.7. The van der Waals surface area contributed by atoms with Crippen LogP contribution in [0.2, 0.25) is 5.02 Å². The van der Waals surface area contributed by atoms with E-state index in [1.54, 1.807) is 24.3 Å². The van der Waals surface area contributed by atoms with E-state index < -0.39 is 35.5 Å². The zero-order chi connectivity index (χ0) is 41.7. The number of piperidine rings is 2. The number of benzene rings is 2. The minimum absolute atomic E-state index is 0.00539. The third-order valence-corrected chi connectivity index (χ3v) is 13.4. The number of halogens is 2. The molecule has 4 saturated heterocycles. The minimum atomic E-state index is -1.10. The molecule has 0 spiro atoms. The van der Waals surface area contributed by atoms with E-state index in [1.165, 1.54) is 6.07 Å². The van der Waals surface area contributed by atoms with Gasteiger partial charge in [-0.15, -0.1) is 10.2 Å². The fourth-order valence-corrected chi connectivity index (χ4v) is 10.2. The SMILES string of the molecule is N#Cc1ccc(O[C@H]2CC[C@H](NC(=O)c3ccc(N4CCC(CN5CC6CCC(C5)N6c5cc6c(cc5F)C(=O)N(C5CCC(=O)NC5=O)C6=O)CC4)nn3)CC2)cc1Cl. The van der Waals surface area contributed by atoms with Gasteiger partial charge >= 0.3 is 0 Å². The minimum Gasteiger partial charge on any atom is -0.490 e. The van der Waals surface area contributed by atoms with Crippen molar-refractivity contribution in [2.75, 3.05) is 42.5 Å². The first-order chi connectivity index (χ1) is 29.0. The van der Waals surface area contributed by atoms with E-state index in [-0.39, 0.29) is 59.8 Å². The maximum absolute atomic E-state index is 15.8. The van der Waals surface area contributed by atoms with E-state index in [2.05, 4.69) is 35.5 Å². The number of carbonyl (C=O) groups is 5. The number of anilines is 2. The smallest absolute Gasteiger partial charge is 0.272 e. The van der Waals surface area contributed by atoms with E-state index in [1.807, 2.05) is 12.1 Å². The Morgan fingerprint density at radius 2 is 1.62 bits per heavy atom. The molecule has 5 aliphatic heterocycles. The number of amides is 5. The molecule has 3 atom stereocenters. The second-order valence-electron chi connectivity index (χ2n) is 16.8. The van der Waals surface area contributed by atoms with Gasteiger partial charge in [0.1, 0.15) is 23.7 Å². The van der Waals surface area contributed by atoms with Gasteiger partial charge in [-0.1, -0.05) is 11.6 Å². The number of hydrogen-bond acceptors (Lipinski definition) is 12. The summed E-state index contributed by atoms with van der Waals surface area (Å²) in [5.74, 6) is -1.46. The van der Waals surface area contributed by atoms with Gasteiger partial charge in [-0.2, -0.15) is 5.26 Å². The molecule has 6 heterocycles. The molecule has 17 heteroatoms. The number of piperazine rings is 1. The molecule has 2 N–H and O–H groups in total. The van der Waals surface area contributed by atoms with Crippen LogP contribution < -0.4 is 25.2 Å². The second-order valence-corrected chi connectivity index (χ2v) is 17.2. The van der Waals surface area contributed by atoms with Gasteiger partial charge < -0.3 is 19.9 Å². The molecule has 5 fully saturated rings. The highest BCUT2D eigenvalue weighted by Gasteiger charge is 2.47. The lowest BCUT2D eigenvalue weighted by atomic mass is 9.92. The Bertz CT molecular complexity index is 2260. The highest BCUT2D eigenvalue weighted by atomic mass is 35.5. The zero-order valence-electron chi connectivity index (χ0n) is 32.9. The molecule has 1 aliphatic carbocycles. The van der Waals surface area contributed by atoms with Crippen LogP contribution in [-0.4, -0.2) is 113 Å². The van der Waals surface area contributed by atoms with Gasteiger partial charge in [0.05, 0.1) is 33.5 Å². The summed E-state index contributed by atoms with van der Waals surface area (Å²) in [7, 11) is 0. The summed E-state index contributed by atoms with van der Waals surface area (Å²) >= 11 is 6.15. The summed E-state index contributed by atoms with van der Waals surface area (Å²) in [6.07, 6.45) is 6.89. The number of fused-ring (bicyclic) bond motifs is 3. The molecular weight excluding hydrogens is 793 g/mol. The molecule has 6 aliphatic rings. The fourth-order valence-electron chi connectivity index (χ4n) is 9.97. The summed E-state index contributed by atoms with van der Waals surface area (Å²) in [6, 6.07) is 12.3. The van der Waals surface area contributed by atoms with E-state index in [0.717, 1.165) is 101 Å². The van der Waals surface area contributed by atoms with Crippen LogP contribution in [0.1, 0.15) is 101 Å².